The molecule has 0 spiro atoms. The summed E-state index contributed by atoms with van der Waals surface area (Å²) in [5.41, 5.74) is -10.8. The molecule has 354 valence electrons. The quantitative estimate of drug-likeness (QED) is 0.158. The molecule has 0 aliphatic rings. The van der Waals surface area contributed by atoms with Crippen LogP contribution in [-0.4, -0.2) is 14.1 Å². The van der Waals surface area contributed by atoms with Crippen molar-refractivity contribution in [3.63, 3.8) is 0 Å². The van der Waals surface area contributed by atoms with Crippen LogP contribution < -0.4 is 0 Å². The number of alkyl halides is 15. The highest BCUT2D eigenvalue weighted by atomic mass is 19.4. The van der Waals surface area contributed by atoms with Crippen molar-refractivity contribution in [1.29, 1.82) is 0 Å². The third-order valence-electron chi connectivity index (χ3n) is 12.0. The largest absolute Gasteiger partial charge is 0.420 e. The Morgan fingerprint density at radius 2 is 0.657 bits per heavy atom. The van der Waals surface area contributed by atoms with Gasteiger partial charge in [-0.3, -0.25) is 0 Å². The molecule has 0 radical (unpaired) electrons. The molecule has 0 saturated carbocycles. The Morgan fingerprint density at radius 3 is 1.03 bits per heavy atom. The van der Waals surface area contributed by atoms with Gasteiger partial charge < -0.3 is 9.13 Å². The molecular formula is C52H26F15N3. The van der Waals surface area contributed by atoms with Gasteiger partial charge in [0, 0.05) is 32.7 Å². The Morgan fingerprint density at radius 1 is 0.300 bits per heavy atom. The number of benzene rings is 7. The predicted molar refractivity (Wildman–Crippen MR) is 234 cm³/mol. The third-order valence-corrected chi connectivity index (χ3v) is 12.0. The normalized spacial score (nSPS) is 13.1. The van der Waals surface area contributed by atoms with Crippen LogP contribution in [0, 0.1) is 0 Å². The molecule has 0 fully saturated rings. The summed E-state index contributed by atoms with van der Waals surface area (Å²) in [7, 11) is 0. The Kier molecular flexibility index (Phi) is 10.4. The van der Waals surface area contributed by atoms with Crippen LogP contribution in [0.4, 0.5) is 65.9 Å². The fraction of sp³-hybridized carbons (Fsp3) is 0.0962. The molecule has 70 heavy (non-hydrogen) atoms. The van der Waals surface area contributed by atoms with Crippen molar-refractivity contribution >= 4 is 43.6 Å². The SMILES string of the molecule is FC(F)(F)c1ccc2c3ccc(C(F)(F)F)cc3n(-c3cc(-c4cccc(-c5ccccc5-c5ccccc5)n4)cc(-n4c5cc(C(F)(F)F)ccc5c5ccc(C(F)(F)F)cc54)c3C(F)(F)F)c2c1. The minimum absolute atomic E-state index is 0.156. The van der Waals surface area contributed by atoms with Crippen LogP contribution >= 0.6 is 0 Å². The van der Waals surface area contributed by atoms with Crippen molar-refractivity contribution in [1.82, 2.24) is 14.1 Å². The van der Waals surface area contributed by atoms with E-state index in [1.54, 1.807) is 60.7 Å². The molecular weight excluding hydrogens is 952 g/mol. The van der Waals surface area contributed by atoms with Gasteiger partial charge in [0.1, 0.15) is 5.56 Å². The van der Waals surface area contributed by atoms with E-state index in [0.717, 1.165) is 42.0 Å². The maximum absolute atomic E-state index is 16.4. The summed E-state index contributed by atoms with van der Waals surface area (Å²) in [5, 5.41) is -0.904. The van der Waals surface area contributed by atoms with Crippen molar-refractivity contribution < 1.29 is 65.9 Å². The van der Waals surface area contributed by atoms with Crippen LogP contribution in [-0.2, 0) is 30.9 Å². The average molecular weight is 978 g/mol. The zero-order valence-electron chi connectivity index (χ0n) is 35.0. The van der Waals surface area contributed by atoms with Gasteiger partial charge in [-0.25, -0.2) is 4.98 Å². The Balaban J connectivity index is 1.40. The lowest BCUT2D eigenvalue weighted by Gasteiger charge is -2.23. The Hall–Kier alpha value is -7.76. The van der Waals surface area contributed by atoms with E-state index in [1.165, 1.54) is 12.1 Å². The van der Waals surface area contributed by atoms with Crippen LogP contribution in [0.3, 0.4) is 0 Å². The van der Waals surface area contributed by atoms with E-state index in [0.29, 0.717) is 68.8 Å². The maximum atomic E-state index is 16.4. The van der Waals surface area contributed by atoms with E-state index in [4.69, 9.17) is 4.98 Å². The first-order valence-electron chi connectivity index (χ1n) is 20.7. The third kappa shape index (κ3) is 7.93. The summed E-state index contributed by atoms with van der Waals surface area (Å²) >= 11 is 0. The van der Waals surface area contributed by atoms with Crippen LogP contribution in [0.1, 0.15) is 27.8 Å². The highest BCUT2D eigenvalue weighted by Crippen LogP contribution is 2.49. The van der Waals surface area contributed by atoms with Gasteiger partial charge in [0.15, 0.2) is 0 Å². The van der Waals surface area contributed by atoms with Gasteiger partial charge in [-0.2, -0.15) is 65.9 Å². The van der Waals surface area contributed by atoms with Crippen molar-refractivity contribution in [3.8, 4) is 45.0 Å². The van der Waals surface area contributed by atoms with Gasteiger partial charge >= 0.3 is 30.9 Å². The first-order valence-corrected chi connectivity index (χ1v) is 20.7. The molecule has 7 aromatic carbocycles. The van der Waals surface area contributed by atoms with Crippen LogP contribution in [0.25, 0.3) is 88.6 Å². The fourth-order valence-corrected chi connectivity index (χ4v) is 8.99. The first-order chi connectivity index (χ1) is 32.9. The molecule has 18 heteroatoms. The highest BCUT2D eigenvalue weighted by molar-refractivity contribution is 6.11. The summed E-state index contributed by atoms with van der Waals surface area (Å²) in [4.78, 5) is 4.78. The standard InChI is InChI=1S/C52H26F15N3/c53-48(54,55)29-13-17-35-36-18-14-30(49(56,57)58)24-42(36)69(41(35)23-29)45-21-28(39-11-6-12-40(68-39)34-10-5-4-9-33(34)27-7-2-1-3-8-27)22-46(47(45)52(65,66)67)70-43-25-31(50(59,60)61)15-19-37(43)38-20-16-32(26-44(38)70)51(62,63)64/h1-26H. The Bertz CT molecular complexity index is 3390. The predicted octanol–water partition coefficient (Wildman–Crippen LogP) is 17.4. The second kappa shape index (κ2) is 15.9. The minimum atomic E-state index is -5.70. The smallest absolute Gasteiger partial charge is 0.308 e. The van der Waals surface area contributed by atoms with E-state index in [-0.39, 0.29) is 38.5 Å². The zero-order valence-corrected chi connectivity index (χ0v) is 35.0. The molecule has 0 saturated heterocycles. The molecule has 0 aliphatic heterocycles. The van der Waals surface area contributed by atoms with Gasteiger partial charge in [-0.15, -0.1) is 0 Å². The molecule has 0 aliphatic carbocycles. The zero-order chi connectivity index (χ0) is 49.9. The topological polar surface area (TPSA) is 22.8 Å². The van der Waals surface area contributed by atoms with Crippen molar-refractivity contribution in [3.05, 3.63) is 186 Å². The number of fused-ring (bicyclic) bond motifs is 6. The van der Waals surface area contributed by atoms with Crippen LogP contribution in [0.2, 0.25) is 0 Å². The lowest BCUT2D eigenvalue weighted by atomic mass is 9.96. The Labute approximate surface area is 384 Å². The van der Waals surface area contributed by atoms with Crippen LogP contribution in [0.15, 0.2) is 158 Å². The number of rotatable bonds is 5. The molecule has 10 rings (SSSR count). The van der Waals surface area contributed by atoms with E-state index in [2.05, 4.69) is 0 Å². The highest BCUT2D eigenvalue weighted by Gasteiger charge is 2.42. The van der Waals surface area contributed by atoms with Crippen LogP contribution in [0.5, 0.6) is 0 Å². The summed E-state index contributed by atoms with van der Waals surface area (Å²) in [6.45, 7) is 0. The lowest BCUT2D eigenvalue weighted by molar-refractivity contribution is -0.138. The number of aromatic nitrogens is 3. The van der Waals surface area contributed by atoms with Crippen molar-refractivity contribution in [2.75, 3.05) is 0 Å². The molecule has 10 aromatic rings. The fourth-order valence-electron chi connectivity index (χ4n) is 8.99. The van der Waals surface area contributed by atoms with Gasteiger partial charge in [-0.1, -0.05) is 84.9 Å². The van der Waals surface area contributed by atoms with E-state index >= 15 is 13.2 Å². The minimum Gasteiger partial charge on any atom is -0.308 e. The second-order valence-electron chi connectivity index (χ2n) is 16.3. The molecule has 0 bridgehead atoms. The summed E-state index contributed by atoms with van der Waals surface area (Å²) < 4.78 is 224. The maximum Gasteiger partial charge on any atom is 0.420 e. The lowest BCUT2D eigenvalue weighted by Crippen LogP contribution is -2.17. The number of nitrogens with zero attached hydrogens (tertiary/aromatic N) is 3. The van der Waals surface area contributed by atoms with Crippen molar-refractivity contribution in [2.45, 2.75) is 30.9 Å². The monoisotopic (exact) mass is 977 g/mol. The molecule has 0 N–H and O–H groups in total. The van der Waals surface area contributed by atoms with Crippen molar-refractivity contribution in [2.24, 2.45) is 0 Å². The van der Waals surface area contributed by atoms with Gasteiger partial charge in [0.25, 0.3) is 0 Å². The average Bonchev–Trinajstić information content (AvgIpc) is 3.81. The molecule has 0 amide bonds. The summed E-state index contributed by atoms with van der Waals surface area (Å²) in [5.74, 6) is 0. The number of hydrogen-bond acceptors (Lipinski definition) is 1. The van der Waals surface area contributed by atoms with Gasteiger partial charge in [-0.05, 0) is 83.9 Å². The number of halogens is 15. The summed E-state index contributed by atoms with van der Waals surface area (Å²) in [6.07, 6.45) is -26.2. The van der Waals surface area contributed by atoms with E-state index in [9.17, 15) is 52.7 Å². The molecule has 3 heterocycles. The number of pyridine rings is 1. The molecule has 3 nitrogen and oxygen atoms in total. The molecule has 0 atom stereocenters. The van der Waals surface area contributed by atoms with Gasteiger partial charge in [0.2, 0.25) is 0 Å². The van der Waals surface area contributed by atoms with Gasteiger partial charge in [0.05, 0.1) is 67.1 Å². The summed E-state index contributed by atoms with van der Waals surface area (Å²) in [6, 6.07) is 29.5. The van der Waals surface area contributed by atoms with E-state index < -0.39 is 92.1 Å². The molecule has 0 unspecified atom stereocenters. The van der Waals surface area contributed by atoms with E-state index in [1.807, 2.05) is 0 Å². The number of hydrogen-bond donors (Lipinski definition) is 0. The first kappa shape index (κ1) is 46.0. The molecule has 3 aromatic heterocycles. The second-order valence-corrected chi connectivity index (χ2v) is 16.3.